The third kappa shape index (κ3) is 41.2. The highest BCUT2D eigenvalue weighted by molar-refractivity contribution is 7.47. The molecule has 0 bridgehead atoms. The molecule has 2 unspecified atom stereocenters. The van der Waals surface area contributed by atoms with Gasteiger partial charge in [0.25, 0.3) is 5.91 Å². The van der Waals surface area contributed by atoms with Gasteiger partial charge in [-0.15, -0.1) is 0 Å². The zero-order valence-electron chi connectivity index (χ0n) is 40.9. The maximum Gasteiger partial charge on any atom is 0.472 e. The summed E-state index contributed by atoms with van der Waals surface area (Å²) in [5.41, 5.74) is 4.20. The Hall–Kier alpha value is -1.56. The van der Waals surface area contributed by atoms with Crippen molar-refractivity contribution in [3.63, 3.8) is 0 Å². The molecule has 0 heterocycles. The number of unbranched alkanes of at least 4 members (excludes halogenated alkanes) is 28. The molecule has 0 aromatic rings. The zero-order chi connectivity index (χ0) is 46.2. The number of nitrogens with two attached hydrogens (primary N) is 1. The molecule has 12 nitrogen and oxygen atoms in total. The summed E-state index contributed by atoms with van der Waals surface area (Å²) >= 11 is 0. The monoisotopic (exact) mass is 905 g/mol. The molecular formula is C49H97N2O10P. The third-order valence-electron chi connectivity index (χ3n) is 11.0. The fraction of sp³-hybridized carbons (Fsp3) is 0.939. The van der Waals surface area contributed by atoms with E-state index in [9.17, 15) is 23.8 Å². The molecule has 0 aliphatic carbocycles. The van der Waals surface area contributed by atoms with Crippen LogP contribution in [0.5, 0.6) is 0 Å². The minimum atomic E-state index is -4.62. The number of esters is 2. The fourth-order valence-corrected chi connectivity index (χ4v) is 7.80. The van der Waals surface area contributed by atoms with Crippen LogP contribution in [0.2, 0.25) is 0 Å². The predicted octanol–water partition coefficient (Wildman–Crippen LogP) is 13.0. The summed E-state index contributed by atoms with van der Waals surface area (Å²) in [6.45, 7) is 10.7. The molecule has 13 heteroatoms. The minimum absolute atomic E-state index is 0.132. The molecule has 0 fully saturated rings. The van der Waals surface area contributed by atoms with Crippen LogP contribution < -0.4 is 11.1 Å². The highest BCUT2D eigenvalue weighted by Crippen LogP contribution is 2.43. The van der Waals surface area contributed by atoms with Crippen LogP contribution in [0.15, 0.2) is 0 Å². The predicted molar refractivity (Wildman–Crippen MR) is 253 cm³/mol. The number of nitrogens with one attached hydrogen (secondary N) is 1. The second kappa shape index (κ2) is 39.8. The van der Waals surface area contributed by atoms with Crippen LogP contribution in [-0.2, 0) is 42.2 Å². The van der Waals surface area contributed by atoms with E-state index in [1.54, 1.807) is 0 Å². The van der Waals surface area contributed by atoms with E-state index >= 15 is 0 Å². The molecule has 0 saturated carbocycles. The van der Waals surface area contributed by atoms with Gasteiger partial charge in [0.15, 0.2) is 11.8 Å². The number of ether oxygens (including phenoxy) is 3. The van der Waals surface area contributed by atoms with Gasteiger partial charge in [-0.05, 0) is 25.2 Å². The van der Waals surface area contributed by atoms with Gasteiger partial charge in [-0.3, -0.25) is 29.2 Å². The lowest BCUT2D eigenvalue weighted by molar-refractivity contribution is -0.161. The van der Waals surface area contributed by atoms with Crippen LogP contribution in [0.4, 0.5) is 0 Å². The third-order valence-corrected chi connectivity index (χ3v) is 12.0. The van der Waals surface area contributed by atoms with Gasteiger partial charge in [0.1, 0.15) is 6.61 Å². The molecule has 368 valence electrons. The fourth-order valence-electron chi connectivity index (χ4n) is 7.05. The molecule has 62 heavy (non-hydrogen) atoms. The van der Waals surface area contributed by atoms with Crippen molar-refractivity contribution in [2.24, 2.45) is 11.1 Å². The Balaban J connectivity index is 4.62. The van der Waals surface area contributed by atoms with Gasteiger partial charge < -0.3 is 24.4 Å². The summed E-state index contributed by atoms with van der Waals surface area (Å²) in [5, 5.41) is 2.53. The summed E-state index contributed by atoms with van der Waals surface area (Å²) in [6.07, 6.45) is 36.1. The van der Waals surface area contributed by atoms with E-state index < -0.39 is 44.1 Å². The van der Waals surface area contributed by atoms with Crippen LogP contribution in [0, 0.1) is 5.41 Å². The van der Waals surface area contributed by atoms with Crippen molar-refractivity contribution < 1.29 is 47.1 Å². The molecule has 0 aliphatic heterocycles. The van der Waals surface area contributed by atoms with E-state index in [-0.39, 0.29) is 44.6 Å². The Morgan fingerprint density at radius 2 is 0.935 bits per heavy atom. The Bertz CT molecular complexity index is 1130. The first-order chi connectivity index (χ1) is 29.6. The highest BCUT2D eigenvalue weighted by Gasteiger charge is 2.31. The molecule has 0 saturated heterocycles. The van der Waals surface area contributed by atoms with Crippen molar-refractivity contribution >= 4 is 25.7 Å². The van der Waals surface area contributed by atoms with Crippen molar-refractivity contribution in [1.29, 1.82) is 0 Å². The number of rotatable bonds is 45. The molecule has 3 atom stereocenters. The molecule has 0 spiro atoms. The van der Waals surface area contributed by atoms with Crippen LogP contribution in [0.1, 0.15) is 247 Å². The van der Waals surface area contributed by atoms with Gasteiger partial charge in [-0.25, -0.2) is 4.57 Å². The van der Waals surface area contributed by atoms with Crippen molar-refractivity contribution in [3.05, 3.63) is 0 Å². The zero-order valence-corrected chi connectivity index (χ0v) is 41.8. The number of carbonyl (C=O) groups excluding carboxylic acids is 3. The topological polar surface area (TPSA) is 173 Å². The second-order valence-electron chi connectivity index (χ2n) is 19.0. The summed E-state index contributed by atoms with van der Waals surface area (Å²) in [6, 6.07) is 0. The highest BCUT2D eigenvalue weighted by atomic mass is 31.2. The maximum atomic E-state index is 12.8. The van der Waals surface area contributed by atoms with Crippen molar-refractivity contribution in [2.45, 2.75) is 259 Å². The number of phosphoric acid groups is 1. The quantitative estimate of drug-likeness (QED) is 0.0230. The molecule has 0 aliphatic rings. The van der Waals surface area contributed by atoms with Gasteiger partial charge in [0.05, 0.1) is 19.8 Å². The van der Waals surface area contributed by atoms with Gasteiger partial charge in [-0.1, -0.05) is 214 Å². The van der Waals surface area contributed by atoms with Gasteiger partial charge in [0, 0.05) is 19.4 Å². The summed E-state index contributed by atoms with van der Waals surface area (Å²) in [7, 11) is -4.62. The van der Waals surface area contributed by atoms with Gasteiger partial charge in [0.2, 0.25) is 0 Å². The SMILES string of the molecule is CCCCCCCCCCCCCCCCCC(=O)OC[C@H](COP(=O)(O)OCCNC(=O)C(C)(N)OCC(C)(C)C)OC(=O)CCCCCCCCCCCCCCCCC. The smallest absolute Gasteiger partial charge is 0.462 e. The molecule has 1 amide bonds. The normalized spacial score (nSPS) is 14.3. The number of hydrogen-bond donors (Lipinski definition) is 3. The first kappa shape index (κ1) is 60.4. The molecular weight excluding hydrogens is 808 g/mol. The Morgan fingerprint density at radius 3 is 1.32 bits per heavy atom. The Kier molecular flexibility index (Phi) is 38.8. The van der Waals surface area contributed by atoms with E-state index in [2.05, 4.69) is 19.2 Å². The number of amides is 1. The van der Waals surface area contributed by atoms with E-state index in [0.717, 1.165) is 38.5 Å². The average molecular weight is 905 g/mol. The van der Waals surface area contributed by atoms with Crippen LogP contribution >= 0.6 is 7.82 Å². The lowest BCUT2D eigenvalue weighted by Gasteiger charge is -2.28. The first-order valence-electron chi connectivity index (χ1n) is 25.3. The lowest BCUT2D eigenvalue weighted by Crippen LogP contribution is -2.55. The van der Waals surface area contributed by atoms with Gasteiger partial charge in [-0.2, -0.15) is 0 Å². The van der Waals surface area contributed by atoms with E-state index in [1.807, 2.05) is 20.8 Å². The second-order valence-corrected chi connectivity index (χ2v) is 20.5. The minimum Gasteiger partial charge on any atom is -0.462 e. The first-order valence-corrected chi connectivity index (χ1v) is 26.8. The van der Waals surface area contributed by atoms with Crippen LogP contribution in [-0.4, -0.2) is 67.5 Å². The van der Waals surface area contributed by atoms with E-state index in [0.29, 0.717) is 12.8 Å². The van der Waals surface area contributed by atoms with Crippen molar-refractivity contribution in [2.75, 3.05) is 33.0 Å². The maximum absolute atomic E-state index is 12.8. The summed E-state index contributed by atoms with van der Waals surface area (Å²) in [4.78, 5) is 48.2. The van der Waals surface area contributed by atoms with Crippen molar-refractivity contribution in [3.8, 4) is 0 Å². The Labute approximate surface area is 380 Å². The van der Waals surface area contributed by atoms with Crippen LogP contribution in [0.3, 0.4) is 0 Å². The van der Waals surface area contributed by atoms with E-state index in [4.69, 9.17) is 29.0 Å². The molecule has 0 aromatic carbocycles. The van der Waals surface area contributed by atoms with Crippen LogP contribution in [0.25, 0.3) is 0 Å². The van der Waals surface area contributed by atoms with Gasteiger partial charge >= 0.3 is 19.8 Å². The number of carbonyl (C=O) groups is 3. The molecule has 0 radical (unpaired) electrons. The average Bonchev–Trinajstić information content (AvgIpc) is 3.22. The molecule has 4 N–H and O–H groups in total. The van der Waals surface area contributed by atoms with Crippen molar-refractivity contribution in [1.82, 2.24) is 5.32 Å². The standard InChI is InChI=1S/C49H97N2O10P/c1-7-9-11-13-15-17-19-21-23-25-27-29-31-33-35-37-45(52)57-41-44(42-60-62(55,56)59-40-39-51-47(54)49(6,50)58-43-48(3,4)5)61-46(53)38-36-34-32-30-28-26-24-22-20-18-16-14-12-10-8-2/h44H,7-43,50H2,1-6H3,(H,51,54)(H,55,56)/t44-,49?/m1/s1. The molecule has 0 aromatic heterocycles. The lowest BCUT2D eigenvalue weighted by atomic mass is 9.98. The largest absolute Gasteiger partial charge is 0.472 e. The summed E-state index contributed by atoms with van der Waals surface area (Å²) < 4.78 is 39.4. The Morgan fingerprint density at radius 1 is 0.565 bits per heavy atom. The number of hydrogen-bond acceptors (Lipinski definition) is 10. The summed E-state index contributed by atoms with van der Waals surface area (Å²) in [5.74, 6) is -1.51. The van der Waals surface area contributed by atoms with E-state index in [1.165, 1.54) is 148 Å². The number of phosphoric ester groups is 1. The molecule has 0 rings (SSSR count).